The lowest BCUT2D eigenvalue weighted by molar-refractivity contribution is -0.274. The van der Waals surface area contributed by atoms with E-state index in [0.717, 1.165) is 24.1 Å². The Morgan fingerprint density at radius 3 is 2.52 bits per heavy atom. The maximum absolute atomic E-state index is 12.5. The number of hydrogen-bond acceptors (Lipinski definition) is 2. The second kappa shape index (κ2) is 5.41. The van der Waals surface area contributed by atoms with Crippen LogP contribution in [0, 0.1) is 0 Å². The van der Waals surface area contributed by atoms with Crippen LogP contribution in [0.2, 0.25) is 0 Å². The van der Waals surface area contributed by atoms with Crippen LogP contribution in [0.3, 0.4) is 0 Å². The molecule has 5 heteroatoms. The molecule has 2 aromatic rings. The third-order valence-electron chi connectivity index (χ3n) is 3.55. The largest absolute Gasteiger partial charge is 0.573 e. The Balaban J connectivity index is 2.09. The summed E-state index contributed by atoms with van der Waals surface area (Å²) in [5.41, 5.74) is 3.48. The fraction of sp³-hybridized carbons (Fsp3) is 0.250. The molecule has 0 bridgehead atoms. The fourth-order valence-electron chi connectivity index (χ4n) is 2.67. The molecule has 0 unspecified atom stereocenters. The van der Waals surface area contributed by atoms with Crippen LogP contribution >= 0.6 is 0 Å². The van der Waals surface area contributed by atoms with E-state index in [1.807, 2.05) is 18.2 Å². The van der Waals surface area contributed by atoms with Gasteiger partial charge < -0.3 is 10.1 Å². The normalized spacial score (nSPS) is 14.6. The molecule has 1 aliphatic rings. The van der Waals surface area contributed by atoms with Gasteiger partial charge in [-0.05, 0) is 35.7 Å². The molecule has 0 amide bonds. The predicted octanol–water partition coefficient (Wildman–Crippen LogP) is 3.90. The van der Waals surface area contributed by atoms with Gasteiger partial charge in [0.2, 0.25) is 0 Å². The smallest absolute Gasteiger partial charge is 0.405 e. The molecule has 2 nitrogen and oxygen atoms in total. The summed E-state index contributed by atoms with van der Waals surface area (Å²) >= 11 is 0. The summed E-state index contributed by atoms with van der Waals surface area (Å²) in [6.07, 6.45) is -3.81. The van der Waals surface area contributed by atoms with E-state index in [9.17, 15) is 13.2 Å². The molecule has 0 spiro atoms. The van der Waals surface area contributed by atoms with Crippen LogP contribution in [-0.4, -0.2) is 12.9 Å². The zero-order chi connectivity index (χ0) is 14.9. The molecule has 0 saturated heterocycles. The number of fused-ring (bicyclic) bond motifs is 1. The topological polar surface area (TPSA) is 21.3 Å². The van der Waals surface area contributed by atoms with Crippen molar-refractivity contribution in [2.45, 2.75) is 19.3 Å². The molecule has 21 heavy (non-hydrogen) atoms. The van der Waals surface area contributed by atoms with Crippen LogP contribution in [0.4, 0.5) is 13.2 Å². The number of hydrogen-bond donors (Lipinski definition) is 1. The van der Waals surface area contributed by atoms with Gasteiger partial charge in [0, 0.05) is 12.1 Å². The standard InChI is InChI=1S/C16H14F3NO/c17-16(18,19)21-15-7-2-1-5-13(15)12-6-3-4-11-8-9-20-10-14(11)12/h1-7,20H,8-10H2. The van der Waals surface area contributed by atoms with Gasteiger partial charge in [-0.2, -0.15) is 0 Å². The van der Waals surface area contributed by atoms with E-state index in [1.165, 1.54) is 17.7 Å². The lowest BCUT2D eigenvalue weighted by Crippen LogP contribution is -2.24. The number of benzene rings is 2. The van der Waals surface area contributed by atoms with Crippen molar-refractivity contribution in [3.05, 3.63) is 53.6 Å². The molecule has 3 rings (SSSR count). The summed E-state index contributed by atoms with van der Waals surface area (Å²) in [5, 5.41) is 3.26. The molecular formula is C16H14F3NO. The van der Waals surface area contributed by atoms with Crippen LogP contribution in [0.15, 0.2) is 42.5 Å². The summed E-state index contributed by atoms with van der Waals surface area (Å²) in [4.78, 5) is 0. The first-order valence-corrected chi connectivity index (χ1v) is 6.71. The Kier molecular flexibility index (Phi) is 3.59. The molecule has 0 atom stereocenters. The number of rotatable bonds is 2. The molecule has 0 saturated carbocycles. The van der Waals surface area contributed by atoms with Gasteiger partial charge in [-0.15, -0.1) is 13.2 Å². The van der Waals surface area contributed by atoms with Crippen LogP contribution in [0.1, 0.15) is 11.1 Å². The fourth-order valence-corrected chi connectivity index (χ4v) is 2.67. The van der Waals surface area contributed by atoms with Gasteiger partial charge in [0.25, 0.3) is 0 Å². The zero-order valence-corrected chi connectivity index (χ0v) is 11.2. The molecule has 1 heterocycles. The maximum atomic E-state index is 12.5. The van der Waals surface area contributed by atoms with Gasteiger partial charge in [-0.25, -0.2) is 0 Å². The highest BCUT2D eigenvalue weighted by Crippen LogP contribution is 2.36. The third-order valence-corrected chi connectivity index (χ3v) is 3.55. The van der Waals surface area contributed by atoms with E-state index >= 15 is 0 Å². The Bertz CT molecular complexity index is 652. The summed E-state index contributed by atoms with van der Waals surface area (Å²) in [5.74, 6) is -0.163. The monoisotopic (exact) mass is 293 g/mol. The van der Waals surface area contributed by atoms with E-state index in [0.29, 0.717) is 12.1 Å². The van der Waals surface area contributed by atoms with Crippen LogP contribution in [0.5, 0.6) is 5.75 Å². The van der Waals surface area contributed by atoms with Gasteiger partial charge >= 0.3 is 6.36 Å². The van der Waals surface area contributed by atoms with E-state index in [1.54, 1.807) is 12.1 Å². The molecule has 0 aromatic heterocycles. The van der Waals surface area contributed by atoms with Crippen molar-refractivity contribution in [2.24, 2.45) is 0 Å². The van der Waals surface area contributed by atoms with Gasteiger partial charge in [-0.1, -0.05) is 36.4 Å². The lowest BCUT2D eigenvalue weighted by atomic mass is 9.91. The van der Waals surface area contributed by atoms with E-state index in [-0.39, 0.29) is 5.75 Å². The molecule has 0 fully saturated rings. The Hall–Kier alpha value is -2.01. The minimum absolute atomic E-state index is 0.163. The lowest BCUT2D eigenvalue weighted by Gasteiger charge is -2.22. The van der Waals surface area contributed by atoms with Gasteiger partial charge in [0.1, 0.15) is 5.75 Å². The van der Waals surface area contributed by atoms with Crippen molar-refractivity contribution in [1.29, 1.82) is 0 Å². The van der Waals surface area contributed by atoms with E-state index in [4.69, 9.17) is 0 Å². The van der Waals surface area contributed by atoms with Crippen molar-refractivity contribution in [1.82, 2.24) is 5.32 Å². The van der Waals surface area contributed by atoms with Crippen molar-refractivity contribution >= 4 is 0 Å². The molecule has 1 N–H and O–H groups in total. The summed E-state index contributed by atoms with van der Waals surface area (Å²) in [7, 11) is 0. The van der Waals surface area contributed by atoms with Crippen molar-refractivity contribution in [2.75, 3.05) is 6.54 Å². The van der Waals surface area contributed by atoms with Crippen LogP contribution in [0.25, 0.3) is 11.1 Å². The maximum Gasteiger partial charge on any atom is 0.573 e. The number of para-hydroxylation sites is 1. The minimum Gasteiger partial charge on any atom is -0.405 e. The Labute approximate surface area is 120 Å². The second-order valence-corrected chi connectivity index (χ2v) is 4.91. The van der Waals surface area contributed by atoms with Crippen molar-refractivity contribution in [3.8, 4) is 16.9 Å². The van der Waals surface area contributed by atoms with Crippen LogP contribution in [-0.2, 0) is 13.0 Å². The summed E-state index contributed by atoms with van der Waals surface area (Å²) < 4.78 is 41.8. The first kappa shape index (κ1) is 13.9. The number of ether oxygens (including phenoxy) is 1. The summed E-state index contributed by atoms with van der Waals surface area (Å²) in [6.45, 7) is 1.54. The predicted molar refractivity (Wildman–Crippen MR) is 74.0 cm³/mol. The molecule has 2 aromatic carbocycles. The van der Waals surface area contributed by atoms with Gasteiger partial charge in [-0.3, -0.25) is 0 Å². The van der Waals surface area contributed by atoms with Crippen LogP contribution < -0.4 is 10.1 Å². The molecule has 0 aliphatic carbocycles. The first-order chi connectivity index (χ1) is 10.0. The molecule has 1 aliphatic heterocycles. The number of alkyl halides is 3. The molecule has 110 valence electrons. The van der Waals surface area contributed by atoms with E-state index < -0.39 is 6.36 Å². The minimum atomic E-state index is -4.69. The molecule has 0 radical (unpaired) electrons. The number of halogens is 3. The highest BCUT2D eigenvalue weighted by Gasteiger charge is 2.32. The quantitative estimate of drug-likeness (QED) is 0.906. The zero-order valence-electron chi connectivity index (χ0n) is 11.2. The van der Waals surface area contributed by atoms with Gasteiger partial charge in [0.05, 0.1) is 0 Å². The number of nitrogens with one attached hydrogen (secondary N) is 1. The Morgan fingerprint density at radius 1 is 0.952 bits per heavy atom. The highest BCUT2D eigenvalue weighted by molar-refractivity contribution is 5.74. The summed E-state index contributed by atoms with van der Waals surface area (Å²) in [6, 6.07) is 12.0. The van der Waals surface area contributed by atoms with E-state index in [2.05, 4.69) is 10.1 Å². The second-order valence-electron chi connectivity index (χ2n) is 4.91. The highest BCUT2D eigenvalue weighted by atomic mass is 19.4. The average molecular weight is 293 g/mol. The van der Waals surface area contributed by atoms with Crippen molar-refractivity contribution < 1.29 is 17.9 Å². The van der Waals surface area contributed by atoms with Crippen molar-refractivity contribution in [3.63, 3.8) is 0 Å². The first-order valence-electron chi connectivity index (χ1n) is 6.71. The SMILES string of the molecule is FC(F)(F)Oc1ccccc1-c1cccc2c1CNCC2. The average Bonchev–Trinajstić information content (AvgIpc) is 2.46. The third kappa shape index (κ3) is 3.03. The molecular weight excluding hydrogens is 279 g/mol. The van der Waals surface area contributed by atoms with Gasteiger partial charge in [0.15, 0.2) is 0 Å². The Morgan fingerprint density at radius 2 is 1.71 bits per heavy atom.